The zero-order valence-electron chi connectivity index (χ0n) is 11.0. The summed E-state index contributed by atoms with van der Waals surface area (Å²) in [4.78, 5) is 36.2. The SMILES string of the molecule is N[C@@]1(C(=O)N2CCC[C@H]2C(=O)O)CC[C@H]2[C@H](C(=O)O)[C@H]21. The molecule has 7 heteroatoms. The van der Waals surface area contributed by atoms with Gasteiger partial charge in [-0.2, -0.15) is 0 Å². The Kier molecular flexibility index (Phi) is 2.79. The second-order valence-corrected chi connectivity index (χ2v) is 6.13. The van der Waals surface area contributed by atoms with Gasteiger partial charge in [-0.15, -0.1) is 0 Å². The van der Waals surface area contributed by atoms with Gasteiger partial charge in [0.05, 0.1) is 11.5 Å². The Morgan fingerprint density at radius 1 is 1.15 bits per heavy atom. The fourth-order valence-electron chi connectivity index (χ4n) is 4.13. The van der Waals surface area contributed by atoms with Gasteiger partial charge in [-0.05, 0) is 31.6 Å². The number of aliphatic carboxylic acids is 2. The number of carbonyl (C=O) groups is 3. The molecular weight excluding hydrogens is 264 g/mol. The Labute approximate surface area is 115 Å². The van der Waals surface area contributed by atoms with Crippen molar-refractivity contribution in [1.82, 2.24) is 4.90 Å². The molecule has 0 aromatic carbocycles. The van der Waals surface area contributed by atoms with E-state index in [0.29, 0.717) is 32.2 Å². The minimum absolute atomic E-state index is 0.0210. The maximum atomic E-state index is 12.6. The molecule has 0 bridgehead atoms. The Balaban J connectivity index is 1.80. The summed E-state index contributed by atoms with van der Waals surface area (Å²) in [5.41, 5.74) is 5.02. The van der Waals surface area contributed by atoms with E-state index in [4.69, 9.17) is 15.9 Å². The molecule has 1 amide bonds. The largest absolute Gasteiger partial charge is 0.481 e. The number of hydrogen-bond acceptors (Lipinski definition) is 4. The van der Waals surface area contributed by atoms with Crippen LogP contribution in [-0.4, -0.2) is 51.1 Å². The lowest BCUT2D eigenvalue weighted by Crippen LogP contribution is -2.58. The Morgan fingerprint density at radius 2 is 1.85 bits per heavy atom. The molecule has 1 saturated heterocycles. The first-order valence-corrected chi connectivity index (χ1v) is 6.93. The molecule has 0 aromatic rings. The second-order valence-electron chi connectivity index (χ2n) is 6.13. The van der Waals surface area contributed by atoms with Gasteiger partial charge in [0.1, 0.15) is 6.04 Å². The maximum Gasteiger partial charge on any atom is 0.326 e. The Bertz CT molecular complexity index is 493. The Morgan fingerprint density at radius 3 is 2.40 bits per heavy atom. The van der Waals surface area contributed by atoms with Gasteiger partial charge in [-0.1, -0.05) is 0 Å². The molecule has 2 aliphatic carbocycles. The summed E-state index contributed by atoms with van der Waals surface area (Å²) < 4.78 is 0. The Hall–Kier alpha value is -1.63. The van der Waals surface area contributed by atoms with Crippen LogP contribution in [0.2, 0.25) is 0 Å². The van der Waals surface area contributed by atoms with E-state index in [-0.39, 0.29) is 17.7 Å². The van der Waals surface area contributed by atoms with Gasteiger partial charge < -0.3 is 20.8 Å². The molecule has 3 rings (SSSR count). The van der Waals surface area contributed by atoms with Crippen molar-refractivity contribution in [2.45, 2.75) is 37.3 Å². The van der Waals surface area contributed by atoms with Crippen molar-refractivity contribution in [2.24, 2.45) is 23.5 Å². The van der Waals surface area contributed by atoms with E-state index in [1.54, 1.807) is 0 Å². The molecule has 5 atom stereocenters. The highest BCUT2D eigenvalue weighted by Gasteiger charge is 2.70. The van der Waals surface area contributed by atoms with E-state index < -0.39 is 29.4 Å². The van der Waals surface area contributed by atoms with Gasteiger partial charge in [-0.25, -0.2) is 4.79 Å². The molecule has 0 spiro atoms. The molecule has 3 aliphatic rings. The fraction of sp³-hybridized carbons (Fsp3) is 0.769. The van der Waals surface area contributed by atoms with Crippen molar-refractivity contribution < 1.29 is 24.6 Å². The van der Waals surface area contributed by atoms with Gasteiger partial charge in [0.25, 0.3) is 0 Å². The van der Waals surface area contributed by atoms with Gasteiger partial charge in [0.2, 0.25) is 5.91 Å². The number of fused-ring (bicyclic) bond motifs is 1. The fourth-order valence-corrected chi connectivity index (χ4v) is 4.13. The van der Waals surface area contributed by atoms with E-state index in [2.05, 4.69) is 0 Å². The predicted molar refractivity (Wildman–Crippen MR) is 66.6 cm³/mol. The molecule has 2 saturated carbocycles. The summed E-state index contributed by atoms with van der Waals surface area (Å²) in [6.45, 7) is 0.393. The van der Waals surface area contributed by atoms with E-state index in [9.17, 15) is 14.4 Å². The van der Waals surface area contributed by atoms with Gasteiger partial charge >= 0.3 is 11.9 Å². The summed E-state index contributed by atoms with van der Waals surface area (Å²) >= 11 is 0. The lowest BCUT2D eigenvalue weighted by Gasteiger charge is -2.33. The third-order valence-corrected chi connectivity index (χ3v) is 5.14. The van der Waals surface area contributed by atoms with Crippen LogP contribution in [0.1, 0.15) is 25.7 Å². The number of likely N-dealkylation sites (tertiary alicyclic amines) is 1. The first kappa shape index (κ1) is 13.4. The molecular formula is C13H18N2O5. The standard InChI is InChI=1S/C13H18N2O5/c14-13(4-3-6-8(9(6)13)11(18)19)12(20)15-5-1-2-7(15)10(16)17/h6-9H,1-5,14H2,(H,16,17)(H,18,19)/t6-,7-,8-,9-,13-/m0/s1. The van der Waals surface area contributed by atoms with Crippen LogP contribution in [0.15, 0.2) is 0 Å². The van der Waals surface area contributed by atoms with Gasteiger partial charge in [0.15, 0.2) is 0 Å². The molecule has 0 unspecified atom stereocenters. The minimum atomic E-state index is -1.19. The summed E-state index contributed by atoms with van der Waals surface area (Å²) in [7, 11) is 0. The molecule has 0 aromatic heterocycles. The summed E-state index contributed by atoms with van der Waals surface area (Å²) in [6, 6.07) is -0.816. The number of nitrogens with two attached hydrogens (primary N) is 1. The van der Waals surface area contributed by atoms with Crippen LogP contribution >= 0.6 is 0 Å². The normalized spacial score (nSPS) is 42.4. The van der Waals surface area contributed by atoms with Crippen LogP contribution in [0.3, 0.4) is 0 Å². The molecule has 20 heavy (non-hydrogen) atoms. The smallest absolute Gasteiger partial charge is 0.326 e. The highest BCUT2D eigenvalue weighted by molar-refractivity contribution is 5.93. The van der Waals surface area contributed by atoms with Gasteiger partial charge in [-0.3, -0.25) is 9.59 Å². The van der Waals surface area contributed by atoms with Crippen LogP contribution in [-0.2, 0) is 14.4 Å². The average molecular weight is 282 g/mol. The topological polar surface area (TPSA) is 121 Å². The quantitative estimate of drug-likeness (QED) is 0.641. The van der Waals surface area contributed by atoms with Crippen molar-refractivity contribution >= 4 is 17.8 Å². The van der Waals surface area contributed by atoms with Crippen molar-refractivity contribution in [1.29, 1.82) is 0 Å². The van der Waals surface area contributed by atoms with E-state index >= 15 is 0 Å². The van der Waals surface area contributed by atoms with Crippen LogP contribution < -0.4 is 5.73 Å². The summed E-state index contributed by atoms with van der Waals surface area (Å²) in [5.74, 6) is -3.18. The van der Waals surface area contributed by atoms with E-state index in [1.807, 2.05) is 0 Å². The third-order valence-electron chi connectivity index (χ3n) is 5.14. The summed E-state index contributed by atoms with van der Waals surface area (Å²) in [5, 5.41) is 18.3. The predicted octanol–water partition coefficient (Wildman–Crippen LogP) is -0.500. The lowest BCUT2D eigenvalue weighted by atomic mass is 9.89. The number of amides is 1. The van der Waals surface area contributed by atoms with Crippen LogP contribution in [0.4, 0.5) is 0 Å². The van der Waals surface area contributed by atoms with Crippen molar-refractivity contribution in [3.05, 3.63) is 0 Å². The number of carboxylic acids is 2. The third kappa shape index (κ3) is 1.65. The first-order valence-electron chi connectivity index (χ1n) is 6.93. The lowest BCUT2D eigenvalue weighted by molar-refractivity contribution is -0.151. The zero-order valence-corrected chi connectivity index (χ0v) is 11.0. The number of nitrogens with zero attached hydrogens (tertiary/aromatic N) is 1. The molecule has 1 aliphatic heterocycles. The average Bonchev–Trinajstić information content (AvgIpc) is 2.76. The molecule has 1 heterocycles. The molecule has 4 N–H and O–H groups in total. The molecule has 110 valence electrons. The number of hydrogen-bond donors (Lipinski definition) is 3. The second kappa shape index (κ2) is 4.18. The highest BCUT2D eigenvalue weighted by atomic mass is 16.4. The van der Waals surface area contributed by atoms with Crippen molar-refractivity contribution in [3.8, 4) is 0 Å². The molecule has 0 radical (unpaired) electrons. The molecule has 3 fully saturated rings. The highest BCUT2D eigenvalue weighted by Crippen LogP contribution is 2.62. The maximum absolute atomic E-state index is 12.6. The first-order chi connectivity index (χ1) is 9.38. The number of rotatable bonds is 3. The molecule has 7 nitrogen and oxygen atoms in total. The van der Waals surface area contributed by atoms with Gasteiger partial charge in [0, 0.05) is 12.5 Å². The number of carbonyl (C=O) groups excluding carboxylic acids is 1. The van der Waals surface area contributed by atoms with Crippen LogP contribution in [0, 0.1) is 17.8 Å². The van der Waals surface area contributed by atoms with E-state index in [0.717, 1.165) is 0 Å². The zero-order chi connectivity index (χ0) is 14.7. The monoisotopic (exact) mass is 282 g/mol. The van der Waals surface area contributed by atoms with E-state index in [1.165, 1.54) is 4.90 Å². The number of carboxylic acid groups (broad SMARTS) is 2. The van der Waals surface area contributed by atoms with Crippen LogP contribution in [0.25, 0.3) is 0 Å². The van der Waals surface area contributed by atoms with Crippen molar-refractivity contribution in [3.63, 3.8) is 0 Å². The van der Waals surface area contributed by atoms with Crippen molar-refractivity contribution in [2.75, 3.05) is 6.54 Å². The van der Waals surface area contributed by atoms with Crippen LogP contribution in [0.5, 0.6) is 0 Å². The summed E-state index contributed by atoms with van der Waals surface area (Å²) in [6.07, 6.45) is 2.17. The minimum Gasteiger partial charge on any atom is -0.481 e.